The molecule has 4 saturated carbocycles. The first-order valence-corrected chi connectivity index (χ1v) is 15.4. The van der Waals surface area contributed by atoms with Crippen molar-refractivity contribution in [3.63, 3.8) is 0 Å². The lowest BCUT2D eigenvalue weighted by Crippen LogP contribution is -2.62. The third kappa shape index (κ3) is 4.88. The molecular weight excluding hydrogens is 500 g/mol. The minimum absolute atomic E-state index is 0.206. The molecule has 7 heteroatoms. The number of carbonyl (C=O) groups is 1. The van der Waals surface area contributed by atoms with Gasteiger partial charge in [0.2, 0.25) is 0 Å². The van der Waals surface area contributed by atoms with Crippen LogP contribution in [0.25, 0.3) is 0 Å². The molecule has 212 valence electrons. The SMILES string of the molecule is CC[C@@H]1C2C[C@H](O)CC[C@]2(C)[C@H]2CCC3(C)[C@@H]([C@H](C)CCOC(=O)Nc4cncc(Cl)c4)CC[C@H]3C2[C@@H]1O. The number of aromatic nitrogens is 1. The van der Waals surface area contributed by atoms with Gasteiger partial charge in [-0.2, -0.15) is 0 Å². The lowest BCUT2D eigenvalue weighted by molar-refractivity contribution is -0.203. The van der Waals surface area contributed by atoms with Crippen LogP contribution in [0.1, 0.15) is 85.5 Å². The number of ether oxygens (including phenoxy) is 1. The van der Waals surface area contributed by atoms with Crippen LogP contribution in [-0.4, -0.2) is 40.1 Å². The zero-order valence-corrected chi connectivity index (χ0v) is 24.3. The molecule has 11 atom stereocenters. The van der Waals surface area contributed by atoms with Crippen LogP contribution >= 0.6 is 11.6 Å². The van der Waals surface area contributed by atoms with Crippen LogP contribution < -0.4 is 5.32 Å². The van der Waals surface area contributed by atoms with Crippen molar-refractivity contribution in [3.8, 4) is 0 Å². The van der Waals surface area contributed by atoms with Crippen molar-refractivity contribution in [1.82, 2.24) is 4.98 Å². The number of rotatable bonds is 6. The number of pyridine rings is 1. The van der Waals surface area contributed by atoms with Crippen molar-refractivity contribution in [2.24, 2.45) is 52.3 Å². The Morgan fingerprint density at radius 1 is 1.13 bits per heavy atom. The summed E-state index contributed by atoms with van der Waals surface area (Å²) in [4.78, 5) is 16.3. The molecule has 1 aromatic heterocycles. The highest BCUT2D eigenvalue weighted by Gasteiger charge is 2.64. The van der Waals surface area contributed by atoms with E-state index < -0.39 is 6.09 Å². The molecule has 3 N–H and O–H groups in total. The average molecular weight is 547 g/mol. The summed E-state index contributed by atoms with van der Waals surface area (Å²) in [5.41, 5.74) is 0.971. The molecule has 1 aromatic rings. The normalized spacial score (nSPS) is 42.9. The Balaban J connectivity index is 1.24. The van der Waals surface area contributed by atoms with Crippen molar-refractivity contribution in [1.29, 1.82) is 0 Å². The maximum Gasteiger partial charge on any atom is 0.411 e. The van der Waals surface area contributed by atoms with Crippen molar-refractivity contribution in [2.45, 2.75) is 97.7 Å². The molecule has 0 aliphatic heterocycles. The summed E-state index contributed by atoms with van der Waals surface area (Å²) in [7, 11) is 0. The first-order valence-electron chi connectivity index (χ1n) is 15.0. The largest absolute Gasteiger partial charge is 0.449 e. The van der Waals surface area contributed by atoms with Gasteiger partial charge in [-0.05, 0) is 110 Å². The van der Waals surface area contributed by atoms with Crippen molar-refractivity contribution in [2.75, 3.05) is 11.9 Å². The molecule has 6 nitrogen and oxygen atoms in total. The van der Waals surface area contributed by atoms with Crippen LogP contribution in [-0.2, 0) is 4.74 Å². The van der Waals surface area contributed by atoms with Gasteiger partial charge in [0.15, 0.2) is 0 Å². The number of nitrogens with one attached hydrogen (secondary N) is 1. The molecule has 38 heavy (non-hydrogen) atoms. The highest BCUT2D eigenvalue weighted by Crippen LogP contribution is 2.69. The van der Waals surface area contributed by atoms with E-state index in [1.54, 1.807) is 12.3 Å². The molecule has 0 aromatic carbocycles. The van der Waals surface area contributed by atoms with E-state index in [0.29, 0.717) is 52.8 Å². The standard InChI is InChI=1S/C31H47ClN2O4/c1-5-22-26-15-21(35)8-11-31(26,4)25-9-12-30(3)23(6-7-24(30)27(25)28(22)36)18(2)10-13-38-29(37)34-20-14-19(32)16-33-17-20/h14,16-18,21-28,35-36H,5-13,15H2,1-4H3,(H,34,37)/t18-,21-,22-,23-,24+,25+,26?,27?,28-,30?,31-/m1/s1. The Kier molecular flexibility index (Phi) is 8.08. The van der Waals surface area contributed by atoms with Gasteiger partial charge in [-0.25, -0.2) is 4.79 Å². The molecule has 1 amide bonds. The van der Waals surface area contributed by atoms with Crippen LogP contribution in [0.15, 0.2) is 18.5 Å². The number of aliphatic hydroxyl groups excluding tert-OH is 2. The maximum absolute atomic E-state index is 12.3. The Hall–Kier alpha value is -1.37. The van der Waals surface area contributed by atoms with Gasteiger partial charge in [0, 0.05) is 6.20 Å². The Labute approximate surface area is 233 Å². The average Bonchev–Trinajstić information content (AvgIpc) is 3.22. The van der Waals surface area contributed by atoms with Crippen LogP contribution in [0.2, 0.25) is 5.02 Å². The first-order chi connectivity index (χ1) is 18.1. The molecule has 4 aliphatic carbocycles. The molecule has 0 bridgehead atoms. The number of amides is 1. The number of anilines is 1. The first kappa shape index (κ1) is 28.2. The summed E-state index contributed by atoms with van der Waals surface area (Å²) < 4.78 is 5.52. The summed E-state index contributed by atoms with van der Waals surface area (Å²) >= 11 is 5.95. The molecule has 5 rings (SSSR count). The van der Waals surface area contributed by atoms with E-state index in [-0.39, 0.29) is 29.0 Å². The van der Waals surface area contributed by atoms with Crippen LogP contribution in [0.5, 0.6) is 0 Å². The van der Waals surface area contributed by atoms with E-state index in [0.717, 1.165) is 32.1 Å². The maximum atomic E-state index is 12.3. The van der Waals surface area contributed by atoms with Crippen LogP contribution in [0.3, 0.4) is 0 Å². The van der Waals surface area contributed by atoms with Gasteiger partial charge in [-0.1, -0.05) is 45.7 Å². The van der Waals surface area contributed by atoms with E-state index in [9.17, 15) is 15.0 Å². The fourth-order valence-corrected chi connectivity index (χ4v) is 10.3. The summed E-state index contributed by atoms with van der Waals surface area (Å²) in [6, 6.07) is 1.65. The summed E-state index contributed by atoms with van der Waals surface area (Å²) in [5.74, 6) is 3.19. The van der Waals surface area contributed by atoms with Gasteiger partial charge < -0.3 is 14.9 Å². The lowest BCUT2D eigenvalue weighted by atomic mass is 9.41. The number of hydrogen-bond donors (Lipinski definition) is 3. The van der Waals surface area contributed by atoms with Crippen LogP contribution in [0.4, 0.5) is 10.5 Å². The minimum atomic E-state index is -0.478. The zero-order chi connectivity index (χ0) is 27.2. The molecule has 0 spiro atoms. The number of aliphatic hydroxyl groups is 2. The number of hydrogen-bond acceptors (Lipinski definition) is 5. The molecule has 4 aliphatic rings. The number of nitrogens with zero attached hydrogens (tertiary/aromatic N) is 1. The number of halogens is 1. The smallest absolute Gasteiger partial charge is 0.411 e. The Bertz CT molecular complexity index is 1010. The second kappa shape index (κ2) is 10.9. The van der Waals surface area contributed by atoms with Crippen molar-refractivity contribution < 1.29 is 19.7 Å². The quantitative estimate of drug-likeness (QED) is 0.359. The number of fused-ring (bicyclic) bond motifs is 5. The van der Waals surface area contributed by atoms with Crippen molar-refractivity contribution >= 4 is 23.4 Å². The van der Waals surface area contributed by atoms with Gasteiger partial charge in [0.05, 0.1) is 35.7 Å². The van der Waals surface area contributed by atoms with Gasteiger partial charge in [-0.3, -0.25) is 10.3 Å². The van der Waals surface area contributed by atoms with E-state index in [2.05, 4.69) is 38.0 Å². The molecule has 0 radical (unpaired) electrons. The van der Waals surface area contributed by atoms with Gasteiger partial charge in [0.25, 0.3) is 0 Å². The topological polar surface area (TPSA) is 91.7 Å². The fourth-order valence-electron chi connectivity index (χ4n) is 10.1. The third-order valence-electron chi connectivity index (χ3n) is 11.9. The highest BCUT2D eigenvalue weighted by molar-refractivity contribution is 6.30. The predicted molar refractivity (Wildman–Crippen MR) is 150 cm³/mol. The Morgan fingerprint density at radius 3 is 2.61 bits per heavy atom. The summed E-state index contributed by atoms with van der Waals surface area (Å²) in [6.07, 6.45) is 11.6. The Morgan fingerprint density at radius 2 is 1.87 bits per heavy atom. The lowest BCUT2D eigenvalue weighted by Gasteiger charge is -2.64. The van der Waals surface area contributed by atoms with Gasteiger partial charge in [0.1, 0.15) is 0 Å². The monoisotopic (exact) mass is 546 g/mol. The van der Waals surface area contributed by atoms with E-state index in [4.69, 9.17) is 16.3 Å². The summed E-state index contributed by atoms with van der Waals surface area (Å²) in [5, 5.41) is 25.6. The summed E-state index contributed by atoms with van der Waals surface area (Å²) in [6.45, 7) is 9.92. The molecule has 4 fully saturated rings. The predicted octanol–water partition coefficient (Wildman–Crippen LogP) is 6.94. The fraction of sp³-hybridized carbons (Fsp3) is 0.806. The van der Waals surface area contributed by atoms with Crippen LogP contribution in [0, 0.1) is 52.3 Å². The van der Waals surface area contributed by atoms with Gasteiger partial charge in [-0.15, -0.1) is 0 Å². The number of carbonyl (C=O) groups excluding carboxylic acids is 1. The highest BCUT2D eigenvalue weighted by atomic mass is 35.5. The second-order valence-corrected chi connectivity index (χ2v) is 14.0. The van der Waals surface area contributed by atoms with Gasteiger partial charge >= 0.3 is 6.09 Å². The third-order valence-corrected chi connectivity index (χ3v) is 12.1. The van der Waals surface area contributed by atoms with E-state index in [1.807, 2.05) is 0 Å². The molecule has 0 saturated heterocycles. The van der Waals surface area contributed by atoms with E-state index >= 15 is 0 Å². The molecule has 1 heterocycles. The zero-order valence-electron chi connectivity index (χ0n) is 23.5. The van der Waals surface area contributed by atoms with E-state index in [1.165, 1.54) is 31.9 Å². The minimum Gasteiger partial charge on any atom is -0.449 e. The second-order valence-electron chi connectivity index (χ2n) is 13.5. The van der Waals surface area contributed by atoms with Crippen molar-refractivity contribution in [3.05, 3.63) is 23.5 Å². The molecular formula is C31H47ClN2O4. The molecule has 3 unspecified atom stereocenters.